The first-order valence-corrected chi connectivity index (χ1v) is 4.59. The van der Waals surface area contributed by atoms with Crippen LogP contribution < -0.4 is 5.56 Å². The van der Waals surface area contributed by atoms with Crippen LogP contribution in [0.2, 0.25) is 0 Å². The number of aromatic nitrogens is 1. The maximum Gasteiger partial charge on any atom is 0.341 e. The van der Waals surface area contributed by atoms with Crippen LogP contribution in [0.1, 0.15) is 33.6 Å². The molecule has 0 fully saturated rings. The molecular formula is C10H11NO3. The van der Waals surface area contributed by atoms with Gasteiger partial charge in [-0.15, -0.1) is 0 Å². The highest BCUT2D eigenvalue weighted by molar-refractivity contribution is 5.89. The smallest absolute Gasteiger partial charge is 0.341 e. The van der Waals surface area contributed by atoms with Gasteiger partial charge in [0.1, 0.15) is 5.56 Å². The molecule has 0 unspecified atom stereocenters. The van der Waals surface area contributed by atoms with Crippen LogP contribution in [0.25, 0.3) is 0 Å². The second-order valence-electron chi connectivity index (χ2n) is 3.57. The Labute approximate surface area is 80.6 Å². The molecule has 74 valence electrons. The third-order valence-corrected chi connectivity index (χ3v) is 2.71. The van der Waals surface area contributed by atoms with E-state index in [0.29, 0.717) is 6.42 Å². The van der Waals surface area contributed by atoms with Crippen LogP contribution in [0.5, 0.6) is 0 Å². The topological polar surface area (TPSA) is 70.2 Å². The van der Waals surface area contributed by atoms with Gasteiger partial charge in [-0.25, -0.2) is 4.79 Å². The van der Waals surface area contributed by atoms with Crippen LogP contribution in [0, 0.1) is 6.92 Å². The van der Waals surface area contributed by atoms with Crippen molar-refractivity contribution in [3.63, 3.8) is 0 Å². The quantitative estimate of drug-likeness (QED) is 0.695. The molecule has 0 atom stereocenters. The largest absolute Gasteiger partial charge is 0.477 e. The summed E-state index contributed by atoms with van der Waals surface area (Å²) in [4.78, 5) is 24.9. The fourth-order valence-corrected chi connectivity index (χ4v) is 2.10. The third-order valence-electron chi connectivity index (χ3n) is 2.71. The summed E-state index contributed by atoms with van der Waals surface area (Å²) in [6.07, 6.45) is 2.52. The minimum absolute atomic E-state index is 0.0666. The Morgan fingerprint density at radius 1 is 1.36 bits per heavy atom. The Morgan fingerprint density at radius 3 is 2.64 bits per heavy atom. The molecule has 4 heteroatoms. The fourth-order valence-electron chi connectivity index (χ4n) is 2.10. The summed E-state index contributed by atoms with van der Waals surface area (Å²) in [5.41, 5.74) is 2.02. The lowest BCUT2D eigenvalue weighted by Gasteiger charge is -2.06. The van der Waals surface area contributed by atoms with Crippen LogP contribution in [0.4, 0.5) is 0 Å². The zero-order chi connectivity index (χ0) is 10.3. The Bertz CT molecular complexity index is 459. The monoisotopic (exact) mass is 193 g/mol. The zero-order valence-electron chi connectivity index (χ0n) is 7.89. The molecule has 1 aliphatic rings. The van der Waals surface area contributed by atoms with Gasteiger partial charge in [0.25, 0.3) is 5.56 Å². The number of carboxylic acid groups (broad SMARTS) is 1. The molecule has 0 aliphatic heterocycles. The molecule has 1 aromatic rings. The van der Waals surface area contributed by atoms with Gasteiger partial charge in [0, 0.05) is 5.69 Å². The number of aromatic amines is 1. The highest BCUT2D eigenvalue weighted by atomic mass is 16.4. The average Bonchev–Trinajstić information content (AvgIpc) is 2.51. The van der Waals surface area contributed by atoms with Crippen molar-refractivity contribution in [2.75, 3.05) is 0 Å². The first-order valence-electron chi connectivity index (χ1n) is 4.59. The number of H-pyrrole nitrogens is 1. The molecule has 1 aliphatic carbocycles. The Hall–Kier alpha value is -1.58. The highest BCUT2D eigenvalue weighted by Crippen LogP contribution is 2.24. The van der Waals surface area contributed by atoms with Gasteiger partial charge in [-0.05, 0) is 37.3 Å². The van der Waals surface area contributed by atoms with Crippen molar-refractivity contribution in [2.24, 2.45) is 0 Å². The Kier molecular flexibility index (Phi) is 1.91. The standard InChI is InChI=1S/C10H11NO3/c1-5-6-3-2-4-7(6)8(10(13)14)9(12)11-5/h2-4H2,1H3,(H,11,12)(H,13,14). The number of nitrogens with one attached hydrogen (secondary N) is 1. The van der Waals surface area contributed by atoms with Crippen LogP contribution in [0.3, 0.4) is 0 Å². The first kappa shape index (κ1) is 8.99. The molecule has 2 N–H and O–H groups in total. The van der Waals surface area contributed by atoms with Gasteiger partial charge in [-0.3, -0.25) is 4.79 Å². The van der Waals surface area contributed by atoms with Crippen LogP contribution in [0.15, 0.2) is 4.79 Å². The zero-order valence-corrected chi connectivity index (χ0v) is 7.89. The van der Waals surface area contributed by atoms with Gasteiger partial charge in [-0.1, -0.05) is 0 Å². The fraction of sp³-hybridized carbons (Fsp3) is 0.400. The predicted octanol–water partition coefficient (Wildman–Crippen LogP) is 0.870. The van der Waals surface area contributed by atoms with E-state index >= 15 is 0 Å². The van der Waals surface area contributed by atoms with E-state index in [-0.39, 0.29) is 5.56 Å². The van der Waals surface area contributed by atoms with Crippen molar-refractivity contribution in [3.05, 3.63) is 32.7 Å². The van der Waals surface area contributed by atoms with E-state index in [1.807, 2.05) is 6.92 Å². The average molecular weight is 193 g/mol. The van der Waals surface area contributed by atoms with Gasteiger partial charge >= 0.3 is 5.97 Å². The maximum atomic E-state index is 11.4. The predicted molar refractivity (Wildman–Crippen MR) is 50.8 cm³/mol. The molecule has 0 bridgehead atoms. The van der Waals surface area contributed by atoms with Gasteiger partial charge in [0.15, 0.2) is 0 Å². The highest BCUT2D eigenvalue weighted by Gasteiger charge is 2.23. The van der Waals surface area contributed by atoms with Crippen molar-refractivity contribution >= 4 is 5.97 Å². The van der Waals surface area contributed by atoms with E-state index in [2.05, 4.69) is 4.98 Å². The lowest BCUT2D eigenvalue weighted by Crippen LogP contribution is -2.21. The van der Waals surface area contributed by atoms with Crippen molar-refractivity contribution in [3.8, 4) is 0 Å². The molecule has 2 rings (SSSR count). The van der Waals surface area contributed by atoms with Crippen molar-refractivity contribution in [1.82, 2.24) is 4.98 Å². The van der Waals surface area contributed by atoms with Crippen LogP contribution in [-0.4, -0.2) is 16.1 Å². The molecule has 0 aromatic carbocycles. The number of aryl methyl sites for hydroxylation is 1. The molecule has 0 saturated carbocycles. The summed E-state index contributed by atoms with van der Waals surface area (Å²) in [5.74, 6) is -1.12. The number of fused-ring (bicyclic) bond motifs is 1. The first-order chi connectivity index (χ1) is 6.61. The number of hydrogen-bond donors (Lipinski definition) is 2. The summed E-state index contributed by atoms with van der Waals surface area (Å²) in [7, 11) is 0. The summed E-state index contributed by atoms with van der Waals surface area (Å²) >= 11 is 0. The third kappa shape index (κ3) is 1.14. The molecule has 0 saturated heterocycles. The van der Waals surface area contributed by atoms with Gasteiger partial charge < -0.3 is 10.1 Å². The lowest BCUT2D eigenvalue weighted by molar-refractivity contribution is 0.0694. The van der Waals surface area contributed by atoms with Gasteiger partial charge in [0.2, 0.25) is 0 Å². The van der Waals surface area contributed by atoms with E-state index in [1.54, 1.807) is 0 Å². The summed E-state index contributed by atoms with van der Waals surface area (Å²) < 4.78 is 0. The Balaban J connectivity index is 2.78. The van der Waals surface area contributed by atoms with E-state index < -0.39 is 11.5 Å². The normalized spacial score (nSPS) is 14.1. The maximum absolute atomic E-state index is 11.4. The number of aromatic carboxylic acids is 1. The SMILES string of the molecule is Cc1[nH]c(=O)c(C(=O)O)c2c1CCC2. The molecule has 1 heterocycles. The van der Waals surface area contributed by atoms with Gasteiger partial charge in [-0.2, -0.15) is 0 Å². The number of pyridine rings is 1. The summed E-state index contributed by atoms with van der Waals surface area (Å²) in [6, 6.07) is 0. The second-order valence-corrected chi connectivity index (χ2v) is 3.57. The lowest BCUT2D eigenvalue weighted by atomic mass is 10.0. The van der Waals surface area contributed by atoms with Crippen LogP contribution >= 0.6 is 0 Å². The van der Waals surface area contributed by atoms with Crippen molar-refractivity contribution < 1.29 is 9.90 Å². The van der Waals surface area contributed by atoms with Gasteiger partial charge in [0.05, 0.1) is 0 Å². The molecule has 14 heavy (non-hydrogen) atoms. The van der Waals surface area contributed by atoms with E-state index in [1.165, 1.54) is 0 Å². The number of carboxylic acids is 1. The van der Waals surface area contributed by atoms with E-state index in [9.17, 15) is 9.59 Å². The molecule has 0 spiro atoms. The van der Waals surface area contributed by atoms with E-state index in [4.69, 9.17) is 5.11 Å². The molecule has 0 radical (unpaired) electrons. The summed E-state index contributed by atoms with van der Waals surface area (Å²) in [6.45, 7) is 1.82. The molecular weight excluding hydrogens is 182 g/mol. The number of hydrogen-bond acceptors (Lipinski definition) is 2. The van der Waals surface area contributed by atoms with Crippen molar-refractivity contribution in [1.29, 1.82) is 0 Å². The molecule has 1 aromatic heterocycles. The summed E-state index contributed by atoms with van der Waals surface area (Å²) in [5, 5.41) is 8.90. The van der Waals surface area contributed by atoms with E-state index in [0.717, 1.165) is 29.7 Å². The minimum Gasteiger partial charge on any atom is -0.477 e. The number of rotatable bonds is 1. The van der Waals surface area contributed by atoms with Crippen molar-refractivity contribution in [2.45, 2.75) is 26.2 Å². The second kappa shape index (κ2) is 2.97. The minimum atomic E-state index is -1.12. The van der Waals surface area contributed by atoms with Crippen LogP contribution in [-0.2, 0) is 12.8 Å². The Morgan fingerprint density at radius 2 is 2.00 bits per heavy atom. The number of carbonyl (C=O) groups is 1. The molecule has 4 nitrogen and oxygen atoms in total. The molecule has 0 amide bonds.